The Hall–Kier alpha value is -0.450. The summed E-state index contributed by atoms with van der Waals surface area (Å²) in [6.45, 7) is 1.91. The number of hydrogen-bond acceptors (Lipinski definition) is 3. The lowest BCUT2D eigenvalue weighted by Gasteiger charge is -2.07. The van der Waals surface area contributed by atoms with Crippen LogP contribution >= 0.6 is 35.0 Å². The first-order valence-corrected chi connectivity index (χ1v) is 6.00. The summed E-state index contributed by atoms with van der Waals surface area (Å²) in [5.41, 5.74) is 0.0707. The number of hydrogen-bond donors (Lipinski definition) is 0. The summed E-state index contributed by atoms with van der Waals surface area (Å²) in [5, 5.41) is 11.3. The topological polar surface area (TPSA) is 43.1 Å². The van der Waals surface area contributed by atoms with Crippen molar-refractivity contribution in [3.63, 3.8) is 0 Å². The van der Waals surface area contributed by atoms with Crippen molar-refractivity contribution in [2.24, 2.45) is 0 Å². The Kier molecular flexibility index (Phi) is 4.70. The summed E-state index contributed by atoms with van der Waals surface area (Å²) in [6, 6.07) is 4.51. The van der Waals surface area contributed by atoms with Crippen LogP contribution in [0.4, 0.5) is 5.69 Å². The molecule has 0 aliphatic carbocycles. The van der Waals surface area contributed by atoms with Crippen molar-refractivity contribution in [1.82, 2.24) is 0 Å². The van der Waals surface area contributed by atoms with Gasteiger partial charge in [0.25, 0.3) is 5.69 Å². The van der Waals surface area contributed by atoms with Crippen molar-refractivity contribution in [3.05, 3.63) is 33.3 Å². The van der Waals surface area contributed by atoms with Crippen LogP contribution in [0.25, 0.3) is 0 Å². The molecule has 0 N–H and O–H groups in total. The fraction of sp³-hybridized carbons (Fsp3) is 0.333. The molecule has 0 aliphatic heterocycles. The predicted molar refractivity (Wildman–Crippen MR) is 64.1 cm³/mol. The molecule has 1 unspecified atom stereocenters. The monoisotopic (exact) mass is 265 g/mol. The molecule has 1 atom stereocenters. The molecule has 0 fully saturated rings. The van der Waals surface area contributed by atoms with Crippen LogP contribution in [0.2, 0.25) is 5.02 Å². The van der Waals surface area contributed by atoms with E-state index in [0.717, 1.165) is 0 Å². The first kappa shape index (κ1) is 12.6. The lowest BCUT2D eigenvalue weighted by atomic mass is 10.3. The molecule has 0 saturated heterocycles. The van der Waals surface area contributed by atoms with E-state index in [9.17, 15) is 10.1 Å². The summed E-state index contributed by atoms with van der Waals surface area (Å²) in [4.78, 5) is 10.9. The van der Waals surface area contributed by atoms with Gasteiger partial charge in [-0.25, -0.2) is 0 Å². The Balaban J connectivity index is 3.02. The number of rotatable bonds is 4. The third-order valence-corrected chi connectivity index (χ3v) is 3.69. The molecule has 1 rings (SSSR count). The highest BCUT2D eigenvalue weighted by atomic mass is 35.5. The smallest absolute Gasteiger partial charge is 0.258 e. The lowest BCUT2D eigenvalue weighted by Crippen LogP contribution is -1.99. The number of alkyl halides is 1. The summed E-state index contributed by atoms with van der Waals surface area (Å²) >= 11 is 12.8. The van der Waals surface area contributed by atoms with Gasteiger partial charge in [-0.3, -0.25) is 10.1 Å². The van der Waals surface area contributed by atoms with E-state index in [0.29, 0.717) is 15.8 Å². The summed E-state index contributed by atoms with van der Waals surface area (Å²) in [6.07, 6.45) is 0. The van der Waals surface area contributed by atoms with E-state index in [-0.39, 0.29) is 10.9 Å². The summed E-state index contributed by atoms with van der Waals surface area (Å²) < 4.78 is 0. The van der Waals surface area contributed by atoms with E-state index in [1.54, 1.807) is 6.07 Å². The molecule has 6 heteroatoms. The van der Waals surface area contributed by atoms with Crippen molar-refractivity contribution >= 4 is 40.7 Å². The molecule has 0 heterocycles. The maximum Gasteiger partial charge on any atom is 0.282 e. The summed E-state index contributed by atoms with van der Waals surface area (Å²) in [5.74, 6) is 0.439. The highest BCUT2D eigenvalue weighted by Gasteiger charge is 2.16. The van der Waals surface area contributed by atoms with Gasteiger partial charge >= 0.3 is 0 Å². The molecule has 0 amide bonds. The summed E-state index contributed by atoms with van der Waals surface area (Å²) in [7, 11) is 0. The third kappa shape index (κ3) is 3.55. The quantitative estimate of drug-likeness (QED) is 0.358. The standard InChI is InChI=1S/C9H9Cl2NO2S/c1-6(5-10)15-9-4-7(11)2-3-8(9)12(13)14/h2-4,6H,5H2,1H3. The molecule has 15 heavy (non-hydrogen) atoms. The minimum atomic E-state index is -0.417. The van der Waals surface area contributed by atoms with E-state index < -0.39 is 4.92 Å². The molecule has 0 radical (unpaired) electrons. The molecule has 0 aromatic heterocycles. The Morgan fingerprint density at radius 1 is 1.60 bits per heavy atom. The van der Waals surface area contributed by atoms with Gasteiger partial charge in [0.1, 0.15) is 0 Å². The van der Waals surface area contributed by atoms with Crippen LogP contribution in [-0.4, -0.2) is 16.1 Å². The molecule has 82 valence electrons. The van der Waals surface area contributed by atoms with Crippen molar-refractivity contribution in [2.75, 3.05) is 5.88 Å². The number of nitro groups is 1. The lowest BCUT2D eigenvalue weighted by molar-refractivity contribution is -0.387. The third-order valence-electron chi connectivity index (χ3n) is 1.66. The van der Waals surface area contributed by atoms with Crippen LogP contribution in [-0.2, 0) is 0 Å². The van der Waals surface area contributed by atoms with Crippen LogP contribution in [0.15, 0.2) is 23.1 Å². The average molecular weight is 266 g/mol. The van der Waals surface area contributed by atoms with Crippen molar-refractivity contribution in [2.45, 2.75) is 17.1 Å². The Morgan fingerprint density at radius 3 is 2.80 bits per heavy atom. The largest absolute Gasteiger partial charge is 0.282 e. The number of nitro benzene ring substituents is 1. The highest BCUT2D eigenvalue weighted by Crippen LogP contribution is 2.34. The zero-order valence-corrected chi connectivity index (χ0v) is 10.3. The molecule has 1 aromatic rings. The number of thioether (sulfide) groups is 1. The number of nitrogens with zero attached hydrogens (tertiary/aromatic N) is 1. The maximum atomic E-state index is 10.7. The van der Waals surface area contributed by atoms with E-state index in [4.69, 9.17) is 23.2 Å². The van der Waals surface area contributed by atoms with Gasteiger partial charge in [-0.05, 0) is 12.1 Å². The zero-order chi connectivity index (χ0) is 11.4. The van der Waals surface area contributed by atoms with Gasteiger partial charge in [0.05, 0.1) is 9.82 Å². The molecular weight excluding hydrogens is 257 g/mol. The fourth-order valence-electron chi connectivity index (χ4n) is 0.981. The van der Waals surface area contributed by atoms with Gasteiger partial charge in [-0.2, -0.15) is 0 Å². The van der Waals surface area contributed by atoms with E-state index >= 15 is 0 Å². The Labute approximate surface area is 102 Å². The molecule has 0 spiro atoms. The average Bonchev–Trinajstić information content (AvgIpc) is 2.17. The maximum absolute atomic E-state index is 10.7. The second kappa shape index (κ2) is 5.58. The Bertz CT molecular complexity index is 373. The second-order valence-corrected chi connectivity index (χ2v) is 5.18. The van der Waals surface area contributed by atoms with Gasteiger partial charge in [-0.15, -0.1) is 23.4 Å². The molecular formula is C9H9Cl2NO2S. The molecule has 3 nitrogen and oxygen atoms in total. The van der Waals surface area contributed by atoms with Gasteiger partial charge in [-0.1, -0.05) is 18.5 Å². The first-order valence-electron chi connectivity index (χ1n) is 4.21. The molecule has 0 saturated carbocycles. The number of halogens is 2. The van der Waals surface area contributed by atoms with Crippen LogP contribution in [0.5, 0.6) is 0 Å². The second-order valence-electron chi connectivity index (χ2n) is 2.95. The van der Waals surface area contributed by atoms with E-state index in [1.165, 1.54) is 23.9 Å². The predicted octanol–water partition coefficient (Wildman–Crippen LogP) is 3.97. The van der Waals surface area contributed by atoms with Gasteiger partial charge < -0.3 is 0 Å². The molecule has 1 aromatic carbocycles. The molecule has 0 aliphatic rings. The highest BCUT2D eigenvalue weighted by molar-refractivity contribution is 8.00. The van der Waals surface area contributed by atoms with Gasteiger partial charge in [0, 0.05) is 22.2 Å². The fourth-order valence-corrected chi connectivity index (χ4v) is 2.36. The minimum absolute atomic E-state index is 0.0707. The van der Waals surface area contributed by atoms with Crippen LogP contribution in [0, 0.1) is 10.1 Å². The van der Waals surface area contributed by atoms with Crippen molar-refractivity contribution in [1.29, 1.82) is 0 Å². The van der Waals surface area contributed by atoms with Crippen molar-refractivity contribution in [3.8, 4) is 0 Å². The van der Waals surface area contributed by atoms with Crippen molar-refractivity contribution < 1.29 is 4.92 Å². The van der Waals surface area contributed by atoms with Gasteiger partial charge in [0.2, 0.25) is 0 Å². The van der Waals surface area contributed by atoms with Gasteiger partial charge in [0.15, 0.2) is 0 Å². The SMILES string of the molecule is CC(CCl)Sc1cc(Cl)ccc1[N+](=O)[O-]. The van der Waals surface area contributed by atoms with E-state index in [1.807, 2.05) is 6.92 Å². The normalized spacial score (nSPS) is 12.5. The minimum Gasteiger partial charge on any atom is -0.258 e. The van der Waals surface area contributed by atoms with E-state index in [2.05, 4.69) is 0 Å². The zero-order valence-electron chi connectivity index (χ0n) is 7.94. The Morgan fingerprint density at radius 2 is 2.27 bits per heavy atom. The van der Waals surface area contributed by atoms with Crippen LogP contribution in [0.3, 0.4) is 0 Å². The van der Waals surface area contributed by atoms with Crippen LogP contribution < -0.4 is 0 Å². The first-order chi connectivity index (χ1) is 7.04. The molecule has 0 bridgehead atoms. The van der Waals surface area contributed by atoms with Crippen LogP contribution in [0.1, 0.15) is 6.92 Å². The number of benzene rings is 1.